The summed E-state index contributed by atoms with van der Waals surface area (Å²) < 4.78 is 6.19. The van der Waals surface area contributed by atoms with Gasteiger partial charge in [0.25, 0.3) is 0 Å². The van der Waals surface area contributed by atoms with Crippen LogP contribution in [0.25, 0.3) is 0 Å². The van der Waals surface area contributed by atoms with Gasteiger partial charge >= 0.3 is 0 Å². The van der Waals surface area contributed by atoms with Gasteiger partial charge in [-0.2, -0.15) is 0 Å². The summed E-state index contributed by atoms with van der Waals surface area (Å²) in [6.07, 6.45) is 2.55. The maximum absolute atomic E-state index is 5.12. The fraction of sp³-hybridized carbons (Fsp3) is 0.111. The second-order valence-electron chi connectivity index (χ2n) is 1.88. The second kappa shape index (κ2) is 4.24. The summed E-state index contributed by atoms with van der Waals surface area (Å²) in [5.41, 5.74) is 0. The highest BCUT2D eigenvalue weighted by molar-refractivity contribution is 14.1. The molecule has 0 atom stereocenters. The monoisotopic (exact) mass is 258 g/mol. The van der Waals surface area contributed by atoms with E-state index in [0.29, 0.717) is 0 Å². The Balaban J connectivity index is 2.83. The van der Waals surface area contributed by atoms with Crippen molar-refractivity contribution in [2.75, 3.05) is 0 Å². The van der Waals surface area contributed by atoms with Crippen molar-refractivity contribution < 1.29 is 4.74 Å². The summed E-state index contributed by atoms with van der Waals surface area (Å²) in [6.45, 7) is 1.75. The molecule has 1 aromatic rings. The topological polar surface area (TPSA) is 9.23 Å². The predicted octanol–water partition coefficient (Wildman–Crippen LogP) is 2.65. The van der Waals surface area contributed by atoms with Crippen molar-refractivity contribution in [3.63, 3.8) is 0 Å². The number of halogens is 1. The first kappa shape index (κ1) is 8.41. The molecule has 0 aromatic heterocycles. The molecule has 0 radical (unpaired) electrons. The molecule has 0 N–H and O–H groups in total. The first-order chi connectivity index (χ1) is 5.34. The van der Waals surface area contributed by atoms with Crippen LogP contribution in [-0.4, -0.2) is 0 Å². The largest absolute Gasteiger partial charge is 0.406 e. The molecule has 0 aliphatic heterocycles. The van der Waals surface area contributed by atoms with Crippen LogP contribution in [0.3, 0.4) is 0 Å². The van der Waals surface area contributed by atoms with Gasteiger partial charge < -0.3 is 4.74 Å². The highest BCUT2D eigenvalue weighted by atomic mass is 127. The number of hydrogen-bond acceptors (Lipinski definition) is 1. The Kier molecular flexibility index (Phi) is 3.24. The van der Waals surface area contributed by atoms with Gasteiger partial charge in [0.05, 0.1) is 3.57 Å². The summed E-state index contributed by atoms with van der Waals surface area (Å²) in [5, 5.41) is 0. The molecule has 0 spiro atoms. The van der Waals surface area contributed by atoms with E-state index in [1.54, 1.807) is 6.92 Å². The number of benzene rings is 1. The van der Waals surface area contributed by atoms with Crippen LogP contribution < -0.4 is 4.74 Å². The standard InChI is InChI=1S/C9H7IO/c1-2-7-11-9-6-4-3-5-8(9)10/h3-6H,1H3. The molecule has 0 saturated carbocycles. The van der Waals surface area contributed by atoms with Crippen molar-refractivity contribution >= 4 is 22.6 Å². The van der Waals surface area contributed by atoms with Crippen LogP contribution in [-0.2, 0) is 0 Å². The lowest BCUT2D eigenvalue weighted by Crippen LogP contribution is -1.84. The molecule has 0 unspecified atom stereocenters. The first-order valence-corrected chi connectivity index (χ1v) is 4.25. The summed E-state index contributed by atoms with van der Waals surface area (Å²) in [5.74, 6) is 3.49. The third-order valence-electron chi connectivity index (χ3n) is 1.10. The molecule has 2 heteroatoms. The van der Waals surface area contributed by atoms with Crippen molar-refractivity contribution in [2.24, 2.45) is 0 Å². The molecular weight excluding hydrogens is 251 g/mol. The van der Waals surface area contributed by atoms with Gasteiger partial charge in [-0.1, -0.05) is 18.1 Å². The molecule has 0 aliphatic carbocycles. The van der Waals surface area contributed by atoms with Crippen molar-refractivity contribution in [1.82, 2.24) is 0 Å². The van der Waals surface area contributed by atoms with E-state index in [2.05, 4.69) is 34.6 Å². The molecule has 11 heavy (non-hydrogen) atoms. The lowest BCUT2D eigenvalue weighted by atomic mass is 10.3. The van der Waals surface area contributed by atoms with E-state index in [9.17, 15) is 0 Å². The molecule has 0 amide bonds. The Bertz CT molecular complexity index is 296. The number of rotatable bonds is 1. The average Bonchev–Trinajstić information content (AvgIpc) is 2.03. The van der Waals surface area contributed by atoms with Gasteiger partial charge in [0, 0.05) is 6.92 Å². The molecule has 56 valence electrons. The molecule has 0 aliphatic rings. The van der Waals surface area contributed by atoms with Crippen molar-refractivity contribution in [3.05, 3.63) is 27.8 Å². The molecule has 0 fully saturated rings. The van der Waals surface area contributed by atoms with Crippen LogP contribution in [0.2, 0.25) is 0 Å². The second-order valence-corrected chi connectivity index (χ2v) is 3.05. The van der Waals surface area contributed by atoms with E-state index in [-0.39, 0.29) is 0 Å². The normalized spacial score (nSPS) is 8.18. The van der Waals surface area contributed by atoms with Crippen LogP contribution in [0.1, 0.15) is 6.92 Å². The van der Waals surface area contributed by atoms with Gasteiger partial charge in [-0.3, -0.25) is 0 Å². The van der Waals surface area contributed by atoms with E-state index >= 15 is 0 Å². The van der Waals surface area contributed by atoms with Gasteiger partial charge in [-0.25, -0.2) is 0 Å². The van der Waals surface area contributed by atoms with Gasteiger partial charge in [-0.15, -0.1) is 0 Å². The van der Waals surface area contributed by atoms with E-state index in [1.165, 1.54) is 0 Å². The highest BCUT2D eigenvalue weighted by Gasteiger charge is 1.95. The first-order valence-electron chi connectivity index (χ1n) is 3.17. The Morgan fingerprint density at radius 3 is 2.73 bits per heavy atom. The minimum atomic E-state index is 0.822. The molecule has 0 bridgehead atoms. The Morgan fingerprint density at radius 1 is 1.36 bits per heavy atom. The average molecular weight is 258 g/mol. The zero-order chi connectivity index (χ0) is 8.10. The molecule has 0 heterocycles. The molecule has 1 aromatic carbocycles. The van der Waals surface area contributed by atoms with Crippen LogP contribution in [0, 0.1) is 15.6 Å². The quantitative estimate of drug-likeness (QED) is 0.555. The fourth-order valence-corrected chi connectivity index (χ4v) is 1.13. The van der Waals surface area contributed by atoms with E-state index in [4.69, 9.17) is 4.74 Å². The van der Waals surface area contributed by atoms with Crippen molar-refractivity contribution in [1.29, 1.82) is 0 Å². The molecule has 1 rings (SSSR count). The predicted molar refractivity (Wildman–Crippen MR) is 53.2 cm³/mol. The summed E-state index contributed by atoms with van der Waals surface area (Å²) in [7, 11) is 0. The van der Waals surface area contributed by atoms with E-state index < -0.39 is 0 Å². The molecule has 1 nitrogen and oxygen atoms in total. The van der Waals surface area contributed by atoms with Crippen LogP contribution in [0.4, 0.5) is 0 Å². The summed E-state index contributed by atoms with van der Waals surface area (Å²) in [6, 6.07) is 7.77. The number of ether oxygens (including phenoxy) is 1. The van der Waals surface area contributed by atoms with Gasteiger partial charge in [0.15, 0.2) is 5.75 Å². The third-order valence-corrected chi connectivity index (χ3v) is 1.99. The number of hydrogen-bond donors (Lipinski definition) is 0. The summed E-state index contributed by atoms with van der Waals surface area (Å²) in [4.78, 5) is 0. The lowest BCUT2D eigenvalue weighted by molar-refractivity contribution is 0.516. The summed E-state index contributed by atoms with van der Waals surface area (Å²) >= 11 is 2.21. The number of para-hydroxylation sites is 1. The third kappa shape index (κ3) is 2.43. The maximum atomic E-state index is 5.12. The Labute approximate surface area is 79.9 Å². The lowest BCUT2D eigenvalue weighted by Gasteiger charge is -1.97. The van der Waals surface area contributed by atoms with Crippen LogP contribution in [0.15, 0.2) is 24.3 Å². The Morgan fingerprint density at radius 2 is 2.09 bits per heavy atom. The zero-order valence-corrected chi connectivity index (χ0v) is 8.25. The Hall–Kier alpha value is -0.690. The van der Waals surface area contributed by atoms with E-state index in [0.717, 1.165) is 9.32 Å². The SMILES string of the molecule is CC#COc1ccccc1I. The van der Waals surface area contributed by atoms with Gasteiger partial charge in [0.2, 0.25) is 0 Å². The van der Waals surface area contributed by atoms with Crippen molar-refractivity contribution in [2.45, 2.75) is 6.92 Å². The van der Waals surface area contributed by atoms with Crippen molar-refractivity contribution in [3.8, 4) is 17.8 Å². The van der Waals surface area contributed by atoms with Gasteiger partial charge in [0.1, 0.15) is 6.11 Å². The zero-order valence-electron chi connectivity index (χ0n) is 6.10. The van der Waals surface area contributed by atoms with Crippen LogP contribution in [0.5, 0.6) is 5.75 Å². The smallest absolute Gasteiger partial charge is 0.153 e. The maximum Gasteiger partial charge on any atom is 0.153 e. The van der Waals surface area contributed by atoms with E-state index in [1.807, 2.05) is 24.3 Å². The highest BCUT2D eigenvalue weighted by Crippen LogP contribution is 2.18. The van der Waals surface area contributed by atoms with Crippen LogP contribution >= 0.6 is 22.6 Å². The minimum absolute atomic E-state index is 0.822. The molecule has 0 saturated heterocycles. The fourth-order valence-electron chi connectivity index (χ4n) is 0.634. The minimum Gasteiger partial charge on any atom is -0.406 e. The molecular formula is C9H7IO. The van der Waals surface area contributed by atoms with Gasteiger partial charge in [-0.05, 0) is 34.7 Å².